The number of hydrogen-bond donors (Lipinski definition) is 1. The van der Waals surface area contributed by atoms with Crippen LogP contribution in [0.2, 0.25) is 5.02 Å². The van der Waals surface area contributed by atoms with Gasteiger partial charge in [0.1, 0.15) is 6.17 Å². The Morgan fingerprint density at radius 3 is 2.62 bits per heavy atom. The average molecular weight is 308 g/mol. The maximum absolute atomic E-state index is 12.2. The molecule has 2 heterocycles. The van der Waals surface area contributed by atoms with Crippen LogP contribution in [0, 0.1) is 0 Å². The first-order valence-corrected chi connectivity index (χ1v) is 8.05. The lowest BCUT2D eigenvalue weighted by Crippen LogP contribution is -2.43. The summed E-state index contributed by atoms with van der Waals surface area (Å²) >= 11 is 5.95. The summed E-state index contributed by atoms with van der Waals surface area (Å²) < 4.78 is 0. The molecular formula is C16H22ClN3O. The summed E-state index contributed by atoms with van der Waals surface area (Å²) in [6.45, 7) is 5.72. The number of amides is 1. The Hall–Kier alpha value is -1.10. The summed E-state index contributed by atoms with van der Waals surface area (Å²) in [4.78, 5) is 16.6. The summed E-state index contributed by atoms with van der Waals surface area (Å²) in [5.74, 6) is 0.181. The second kappa shape index (κ2) is 6.34. The van der Waals surface area contributed by atoms with Gasteiger partial charge in [-0.3, -0.25) is 15.0 Å². The summed E-state index contributed by atoms with van der Waals surface area (Å²) in [6.07, 6.45) is 2.52. The number of nitrogens with one attached hydrogen (secondary N) is 1. The van der Waals surface area contributed by atoms with Crippen LogP contribution >= 0.6 is 11.6 Å². The third-order valence-corrected chi connectivity index (χ3v) is 4.74. The number of rotatable bonds is 4. The standard InChI is InChI=1S/C16H22ClN3O/c1-12(19-8-2-3-9-19)11-20-15(21)10-18-16(20)13-4-6-14(17)7-5-13/h4-7,12,16,18H,2-3,8-11H2,1H3. The fourth-order valence-corrected chi connectivity index (χ4v) is 3.40. The molecule has 0 aliphatic carbocycles. The van der Waals surface area contributed by atoms with Gasteiger partial charge in [0.15, 0.2) is 0 Å². The molecule has 2 aliphatic heterocycles. The molecule has 2 saturated heterocycles. The molecular weight excluding hydrogens is 286 g/mol. The lowest BCUT2D eigenvalue weighted by Gasteiger charge is -2.31. The predicted octanol–water partition coefficient (Wildman–Crippen LogP) is 2.25. The molecule has 1 amide bonds. The van der Waals surface area contributed by atoms with E-state index in [1.54, 1.807) is 0 Å². The first-order valence-electron chi connectivity index (χ1n) is 7.67. The highest BCUT2D eigenvalue weighted by molar-refractivity contribution is 6.30. The Labute approximate surface area is 131 Å². The predicted molar refractivity (Wildman–Crippen MR) is 84.2 cm³/mol. The van der Waals surface area contributed by atoms with E-state index in [1.165, 1.54) is 12.8 Å². The molecule has 2 atom stereocenters. The first kappa shape index (κ1) is 14.8. The molecule has 2 unspecified atom stereocenters. The lowest BCUT2D eigenvalue weighted by atomic mass is 10.1. The minimum absolute atomic E-state index is 0.0279. The van der Waals surface area contributed by atoms with E-state index < -0.39 is 0 Å². The van der Waals surface area contributed by atoms with E-state index in [1.807, 2.05) is 29.2 Å². The van der Waals surface area contributed by atoms with E-state index in [0.717, 1.165) is 30.2 Å². The number of carbonyl (C=O) groups excluding carboxylic acids is 1. The van der Waals surface area contributed by atoms with E-state index >= 15 is 0 Å². The van der Waals surface area contributed by atoms with Gasteiger partial charge in [-0.05, 0) is 50.6 Å². The van der Waals surface area contributed by atoms with Gasteiger partial charge in [-0.1, -0.05) is 23.7 Å². The van der Waals surface area contributed by atoms with E-state index in [0.29, 0.717) is 12.6 Å². The number of hydrogen-bond acceptors (Lipinski definition) is 3. The number of likely N-dealkylation sites (tertiary alicyclic amines) is 1. The molecule has 0 spiro atoms. The third kappa shape index (κ3) is 3.23. The van der Waals surface area contributed by atoms with Crippen molar-refractivity contribution in [2.75, 3.05) is 26.2 Å². The van der Waals surface area contributed by atoms with Gasteiger partial charge in [-0.15, -0.1) is 0 Å². The number of halogens is 1. The van der Waals surface area contributed by atoms with E-state index in [4.69, 9.17) is 11.6 Å². The second-order valence-corrected chi connectivity index (χ2v) is 6.41. The fourth-order valence-electron chi connectivity index (χ4n) is 3.27. The monoisotopic (exact) mass is 307 g/mol. The van der Waals surface area contributed by atoms with Gasteiger partial charge >= 0.3 is 0 Å². The van der Waals surface area contributed by atoms with Gasteiger partial charge in [-0.2, -0.15) is 0 Å². The Morgan fingerprint density at radius 2 is 1.95 bits per heavy atom. The van der Waals surface area contributed by atoms with E-state index in [9.17, 15) is 4.79 Å². The van der Waals surface area contributed by atoms with Crippen molar-refractivity contribution in [3.05, 3.63) is 34.9 Å². The highest BCUT2D eigenvalue weighted by Crippen LogP contribution is 2.25. The maximum Gasteiger partial charge on any atom is 0.238 e. The van der Waals surface area contributed by atoms with Crippen LogP contribution in [-0.2, 0) is 4.79 Å². The number of carbonyl (C=O) groups is 1. The van der Waals surface area contributed by atoms with Crippen molar-refractivity contribution in [1.29, 1.82) is 0 Å². The first-order chi connectivity index (χ1) is 10.1. The molecule has 5 heteroatoms. The van der Waals surface area contributed by atoms with Crippen LogP contribution in [0.25, 0.3) is 0 Å². The molecule has 0 bridgehead atoms. The molecule has 3 rings (SSSR count). The zero-order valence-corrected chi connectivity index (χ0v) is 13.1. The molecule has 1 N–H and O–H groups in total. The van der Waals surface area contributed by atoms with Crippen LogP contribution in [-0.4, -0.2) is 47.9 Å². The third-order valence-electron chi connectivity index (χ3n) is 4.49. The maximum atomic E-state index is 12.2. The molecule has 2 aliphatic rings. The number of nitrogens with zero attached hydrogens (tertiary/aromatic N) is 2. The SMILES string of the molecule is CC(CN1C(=O)CNC1c1ccc(Cl)cc1)N1CCCC1. The topological polar surface area (TPSA) is 35.6 Å². The average Bonchev–Trinajstić information content (AvgIpc) is 3.11. The quantitative estimate of drug-likeness (QED) is 0.927. The molecule has 21 heavy (non-hydrogen) atoms. The molecule has 4 nitrogen and oxygen atoms in total. The van der Waals surface area contributed by atoms with Gasteiger partial charge in [0, 0.05) is 17.6 Å². The summed E-state index contributed by atoms with van der Waals surface area (Å²) in [7, 11) is 0. The number of benzene rings is 1. The zero-order valence-electron chi connectivity index (χ0n) is 12.4. The van der Waals surface area contributed by atoms with Crippen LogP contribution in [0.5, 0.6) is 0 Å². The van der Waals surface area contributed by atoms with Crippen molar-refractivity contribution in [1.82, 2.24) is 15.1 Å². The van der Waals surface area contributed by atoms with Crippen molar-refractivity contribution in [2.45, 2.75) is 32.0 Å². The zero-order chi connectivity index (χ0) is 14.8. The van der Waals surface area contributed by atoms with Crippen molar-refractivity contribution >= 4 is 17.5 Å². The molecule has 2 fully saturated rings. The van der Waals surface area contributed by atoms with Crippen molar-refractivity contribution in [3.63, 3.8) is 0 Å². The molecule has 0 saturated carbocycles. The Balaban J connectivity index is 1.71. The summed E-state index contributed by atoms with van der Waals surface area (Å²) in [5.41, 5.74) is 1.10. The van der Waals surface area contributed by atoms with Crippen molar-refractivity contribution in [2.24, 2.45) is 0 Å². The molecule has 114 valence electrons. The highest BCUT2D eigenvalue weighted by Gasteiger charge is 2.33. The van der Waals surface area contributed by atoms with Gasteiger partial charge in [0.2, 0.25) is 5.91 Å². The minimum Gasteiger partial charge on any atom is -0.320 e. The summed E-state index contributed by atoms with van der Waals surface area (Å²) in [6, 6.07) is 8.15. The second-order valence-electron chi connectivity index (χ2n) is 5.97. The van der Waals surface area contributed by atoms with Crippen molar-refractivity contribution in [3.8, 4) is 0 Å². The fraction of sp³-hybridized carbons (Fsp3) is 0.562. The van der Waals surface area contributed by atoms with Gasteiger partial charge in [-0.25, -0.2) is 0 Å². The lowest BCUT2D eigenvalue weighted by molar-refractivity contribution is -0.128. The molecule has 1 aromatic rings. The van der Waals surface area contributed by atoms with Crippen LogP contribution in [0.15, 0.2) is 24.3 Å². The van der Waals surface area contributed by atoms with Crippen LogP contribution in [0.3, 0.4) is 0 Å². The Kier molecular flexibility index (Phi) is 4.48. The van der Waals surface area contributed by atoms with Gasteiger partial charge in [0.25, 0.3) is 0 Å². The van der Waals surface area contributed by atoms with E-state index in [2.05, 4.69) is 17.1 Å². The van der Waals surface area contributed by atoms with E-state index in [-0.39, 0.29) is 12.1 Å². The molecule has 0 aromatic heterocycles. The largest absolute Gasteiger partial charge is 0.320 e. The Bertz CT molecular complexity index is 499. The van der Waals surface area contributed by atoms with Crippen LogP contribution in [0.1, 0.15) is 31.5 Å². The highest BCUT2D eigenvalue weighted by atomic mass is 35.5. The minimum atomic E-state index is -0.0279. The summed E-state index contributed by atoms with van der Waals surface area (Å²) in [5, 5.41) is 4.03. The van der Waals surface area contributed by atoms with Gasteiger partial charge in [0.05, 0.1) is 6.54 Å². The molecule has 0 radical (unpaired) electrons. The Morgan fingerprint density at radius 1 is 1.29 bits per heavy atom. The smallest absolute Gasteiger partial charge is 0.238 e. The van der Waals surface area contributed by atoms with Crippen LogP contribution in [0.4, 0.5) is 0 Å². The van der Waals surface area contributed by atoms with Gasteiger partial charge < -0.3 is 4.90 Å². The van der Waals surface area contributed by atoms with Crippen LogP contribution < -0.4 is 5.32 Å². The molecule has 1 aromatic carbocycles. The normalized spacial score (nSPS) is 24.8. The van der Waals surface area contributed by atoms with Crippen molar-refractivity contribution < 1.29 is 4.79 Å².